The fourth-order valence-corrected chi connectivity index (χ4v) is 5.58. The van der Waals surface area contributed by atoms with E-state index in [4.69, 9.17) is 38.5 Å². The second kappa shape index (κ2) is 14.3. The van der Waals surface area contributed by atoms with Crippen LogP contribution in [0.4, 0.5) is 0 Å². The molecular weight excluding hydrogens is 610 g/mol. The zero-order valence-electron chi connectivity index (χ0n) is 21.9. The van der Waals surface area contributed by atoms with E-state index in [-0.39, 0.29) is 38.8 Å². The third-order valence-corrected chi connectivity index (χ3v) is 7.66. The third kappa shape index (κ3) is 7.77. The van der Waals surface area contributed by atoms with Gasteiger partial charge in [0.25, 0.3) is 0 Å². The van der Waals surface area contributed by atoms with Gasteiger partial charge in [-0.1, -0.05) is 46.9 Å². The Hall–Kier alpha value is -1.64. The van der Waals surface area contributed by atoms with Crippen LogP contribution in [0.5, 0.6) is 11.5 Å². The Morgan fingerprint density at radius 3 is 2.44 bits per heavy atom. The molecule has 9 heteroatoms. The SMILES string of the molecule is CN1CCCC(COc2ccc(C3[N-]CCc4c3[nH]c3ccc(Cl)cc43)cc2)C1.OOc1ccc(Cl)cc1.[Y]. The Morgan fingerprint density at radius 2 is 1.72 bits per heavy atom. The normalized spacial score (nSPS) is 18.9. The van der Waals surface area contributed by atoms with Crippen molar-refractivity contribution in [2.75, 3.05) is 33.3 Å². The molecule has 6 nitrogen and oxygen atoms in total. The standard InChI is InChI=1S/C24H27ClN3O.C6H5ClO2.Y/c1-28-12-2-3-16(14-28)15-29-19-7-4-17(5-8-19)23-24-20(10-11-26-23)21-13-18(25)6-9-22(21)27-24;7-5-1-3-6(9-8)4-2-5;/h4-9,13,16,23,27H,2-3,10-12,14-15H2,1H3;1-4,8H;/q-1;;. The molecule has 6 rings (SSSR count). The van der Waals surface area contributed by atoms with E-state index in [0.29, 0.717) is 16.7 Å². The van der Waals surface area contributed by atoms with Crippen LogP contribution in [0.1, 0.15) is 35.7 Å². The Kier molecular flexibility index (Phi) is 11.1. The number of fused-ring (bicyclic) bond motifs is 3. The smallest absolute Gasteiger partial charge is 0.165 e. The molecular formula is C30H32Cl2N3O3Y-. The van der Waals surface area contributed by atoms with Gasteiger partial charge in [0, 0.05) is 71.8 Å². The topological polar surface area (TPSA) is 71.8 Å². The van der Waals surface area contributed by atoms with Crippen LogP contribution in [-0.2, 0) is 39.1 Å². The minimum absolute atomic E-state index is 0. The predicted octanol–water partition coefficient (Wildman–Crippen LogP) is 7.75. The summed E-state index contributed by atoms with van der Waals surface area (Å²) in [4.78, 5) is 9.90. The molecule has 0 bridgehead atoms. The Labute approximate surface area is 264 Å². The van der Waals surface area contributed by atoms with Crippen molar-refractivity contribution >= 4 is 34.1 Å². The number of aromatic nitrogens is 1. The summed E-state index contributed by atoms with van der Waals surface area (Å²) >= 11 is 11.8. The fourth-order valence-electron chi connectivity index (χ4n) is 5.28. The van der Waals surface area contributed by atoms with Crippen LogP contribution in [-0.4, -0.2) is 48.4 Å². The number of piperidine rings is 1. The van der Waals surface area contributed by atoms with Gasteiger partial charge >= 0.3 is 0 Å². The Balaban J connectivity index is 0.000000302. The first-order valence-corrected chi connectivity index (χ1v) is 13.7. The van der Waals surface area contributed by atoms with Crippen LogP contribution in [0, 0.1) is 5.92 Å². The van der Waals surface area contributed by atoms with Crippen molar-refractivity contribution in [3.05, 3.63) is 98.9 Å². The summed E-state index contributed by atoms with van der Waals surface area (Å²) < 4.78 is 6.09. The second-order valence-electron chi connectivity index (χ2n) is 9.96. The molecule has 0 amide bonds. The van der Waals surface area contributed by atoms with Crippen LogP contribution in [0.25, 0.3) is 16.2 Å². The summed E-state index contributed by atoms with van der Waals surface area (Å²) in [6.45, 7) is 3.97. The number of rotatable bonds is 5. The van der Waals surface area contributed by atoms with Crippen molar-refractivity contribution in [1.29, 1.82) is 0 Å². The summed E-state index contributed by atoms with van der Waals surface area (Å²) in [5, 5.41) is 15.6. The van der Waals surface area contributed by atoms with Gasteiger partial charge in [-0.25, -0.2) is 5.26 Å². The van der Waals surface area contributed by atoms with E-state index in [1.54, 1.807) is 24.3 Å². The van der Waals surface area contributed by atoms with Gasteiger partial charge in [-0.2, -0.15) is 0 Å². The molecule has 2 N–H and O–H groups in total. The first-order chi connectivity index (χ1) is 18.5. The number of H-pyrrole nitrogens is 1. The molecule has 203 valence electrons. The van der Waals surface area contributed by atoms with Crippen molar-refractivity contribution in [2.24, 2.45) is 5.92 Å². The van der Waals surface area contributed by atoms with Gasteiger partial charge in [-0.15, -0.1) is 6.54 Å². The first kappa shape index (κ1) is 30.3. The third-order valence-electron chi connectivity index (χ3n) is 7.17. The summed E-state index contributed by atoms with van der Waals surface area (Å²) in [6.07, 6.45) is 3.49. The van der Waals surface area contributed by atoms with E-state index in [0.717, 1.165) is 42.4 Å². The largest absolute Gasteiger partial charge is 0.650 e. The number of nitrogens with one attached hydrogen (secondary N) is 1. The maximum absolute atomic E-state index is 8.09. The van der Waals surface area contributed by atoms with Crippen LogP contribution < -0.4 is 9.62 Å². The molecule has 4 aromatic rings. The van der Waals surface area contributed by atoms with E-state index < -0.39 is 0 Å². The molecule has 3 aromatic carbocycles. The van der Waals surface area contributed by atoms with Crippen molar-refractivity contribution in [3.63, 3.8) is 0 Å². The molecule has 1 fully saturated rings. The van der Waals surface area contributed by atoms with E-state index in [2.05, 4.69) is 58.2 Å². The number of aromatic amines is 1. The van der Waals surface area contributed by atoms with Gasteiger partial charge < -0.3 is 24.8 Å². The molecule has 1 saturated heterocycles. The molecule has 1 radical (unpaired) electrons. The zero-order valence-corrected chi connectivity index (χ0v) is 26.3. The van der Waals surface area contributed by atoms with Crippen LogP contribution >= 0.6 is 23.2 Å². The van der Waals surface area contributed by atoms with E-state index in [1.807, 2.05) is 6.07 Å². The molecule has 1 aromatic heterocycles. The van der Waals surface area contributed by atoms with Gasteiger partial charge in [0.05, 0.1) is 6.61 Å². The van der Waals surface area contributed by atoms with Gasteiger partial charge in [0.15, 0.2) is 5.75 Å². The number of benzene rings is 3. The molecule has 2 atom stereocenters. The second-order valence-corrected chi connectivity index (χ2v) is 10.8. The number of hydrogen-bond donors (Lipinski definition) is 2. The number of ether oxygens (including phenoxy) is 1. The molecule has 0 aliphatic carbocycles. The summed E-state index contributed by atoms with van der Waals surface area (Å²) in [6, 6.07) is 21.0. The number of nitrogens with zero attached hydrogens (tertiary/aromatic N) is 2. The van der Waals surface area contributed by atoms with E-state index in [1.165, 1.54) is 41.6 Å². The maximum atomic E-state index is 8.09. The molecule has 39 heavy (non-hydrogen) atoms. The van der Waals surface area contributed by atoms with Gasteiger partial charge in [-0.05, 0) is 93.0 Å². The fraction of sp³-hybridized carbons (Fsp3) is 0.333. The zero-order chi connectivity index (χ0) is 26.5. The minimum Gasteiger partial charge on any atom is -0.650 e. The Morgan fingerprint density at radius 1 is 1.00 bits per heavy atom. The Bertz CT molecular complexity index is 1350. The maximum Gasteiger partial charge on any atom is 0.165 e. The summed E-state index contributed by atoms with van der Waals surface area (Å²) in [7, 11) is 2.20. The van der Waals surface area contributed by atoms with Crippen LogP contribution in [0.15, 0.2) is 66.7 Å². The molecule has 2 aliphatic heterocycles. The van der Waals surface area contributed by atoms with Gasteiger partial charge in [0.2, 0.25) is 0 Å². The van der Waals surface area contributed by atoms with Crippen molar-refractivity contribution < 1.29 is 47.6 Å². The average Bonchev–Trinajstić information content (AvgIpc) is 3.31. The molecule has 2 aliphatic rings. The molecule has 0 spiro atoms. The van der Waals surface area contributed by atoms with Crippen LogP contribution in [0.3, 0.4) is 0 Å². The number of hydrogen-bond acceptors (Lipinski definition) is 4. The van der Waals surface area contributed by atoms with E-state index in [9.17, 15) is 0 Å². The number of likely N-dealkylation sites (tertiary alicyclic amines) is 1. The van der Waals surface area contributed by atoms with Gasteiger partial charge in [0.1, 0.15) is 5.75 Å². The van der Waals surface area contributed by atoms with Gasteiger partial charge in [-0.3, -0.25) is 0 Å². The molecule has 2 unspecified atom stereocenters. The van der Waals surface area contributed by atoms with E-state index >= 15 is 0 Å². The van der Waals surface area contributed by atoms with Crippen molar-refractivity contribution in [3.8, 4) is 11.5 Å². The van der Waals surface area contributed by atoms with Crippen molar-refractivity contribution in [2.45, 2.75) is 25.3 Å². The summed E-state index contributed by atoms with van der Waals surface area (Å²) in [5.41, 5.74) is 4.89. The monoisotopic (exact) mass is 641 g/mol. The quantitative estimate of drug-likeness (QED) is 0.173. The average molecular weight is 642 g/mol. The van der Waals surface area contributed by atoms with Crippen LogP contribution in [0.2, 0.25) is 10.0 Å². The van der Waals surface area contributed by atoms with Crippen molar-refractivity contribution in [1.82, 2.24) is 9.88 Å². The minimum atomic E-state index is 0. The predicted molar refractivity (Wildman–Crippen MR) is 154 cm³/mol. The summed E-state index contributed by atoms with van der Waals surface area (Å²) in [5.74, 6) is 1.96. The first-order valence-electron chi connectivity index (χ1n) is 12.9. The molecule has 0 saturated carbocycles. The number of halogens is 2. The molecule has 3 heterocycles.